The predicted molar refractivity (Wildman–Crippen MR) is 113 cm³/mol. The first-order valence-electron chi connectivity index (χ1n) is 10.7. The average Bonchev–Trinajstić information content (AvgIpc) is 2.70. The number of ether oxygens (including phenoxy) is 1. The Balaban J connectivity index is 1.47. The number of anilines is 1. The molecule has 0 spiro atoms. The Labute approximate surface area is 181 Å². The van der Waals surface area contributed by atoms with E-state index in [4.69, 9.17) is 4.74 Å². The number of hydrogen-bond donors (Lipinski definition) is 3. The minimum absolute atomic E-state index is 0.0613. The van der Waals surface area contributed by atoms with Crippen LogP contribution < -0.4 is 16.0 Å². The highest BCUT2D eigenvalue weighted by molar-refractivity contribution is 6.03. The maximum Gasteiger partial charge on any atom is 0.309 e. The molecule has 0 aromatic carbocycles. The number of rotatable bonds is 5. The van der Waals surface area contributed by atoms with Crippen LogP contribution in [0.4, 0.5) is 5.69 Å². The third kappa shape index (κ3) is 6.50. The Bertz CT molecular complexity index is 838. The lowest BCUT2D eigenvalue weighted by molar-refractivity contribution is -0.161. The van der Waals surface area contributed by atoms with E-state index >= 15 is 0 Å². The summed E-state index contributed by atoms with van der Waals surface area (Å²) in [5.74, 6) is -1.47. The maximum absolute atomic E-state index is 12.3. The largest absolute Gasteiger partial charge is 0.460 e. The lowest BCUT2D eigenvalue weighted by atomic mass is 9.86. The van der Waals surface area contributed by atoms with Crippen molar-refractivity contribution in [1.29, 1.82) is 0 Å². The standard InChI is InChI=1S/C22H30N4O5/c1-22(2,3)31-21(30)13-4-6-14(7-5-13)24-15-8-9-16(23-12-15)19(28)25-17-10-11-18(27)26-20(17)29/h8-9,12-14,17,24H,4-7,10-11H2,1-3H3,(H,25,28)(H,26,27,29). The SMILES string of the molecule is CC(C)(C)OC(=O)C1CCC(Nc2ccc(C(=O)NC3CCC(=O)NC3=O)nc2)CC1. The molecule has 0 bridgehead atoms. The van der Waals surface area contributed by atoms with Gasteiger partial charge in [-0.25, -0.2) is 4.98 Å². The number of nitrogens with one attached hydrogen (secondary N) is 3. The molecule has 3 rings (SSSR count). The van der Waals surface area contributed by atoms with Crippen LogP contribution in [0.2, 0.25) is 0 Å². The molecule has 3 amide bonds. The molecular weight excluding hydrogens is 400 g/mol. The maximum atomic E-state index is 12.3. The molecule has 2 aliphatic rings. The third-order valence-electron chi connectivity index (χ3n) is 5.38. The number of aromatic nitrogens is 1. The summed E-state index contributed by atoms with van der Waals surface area (Å²) in [7, 11) is 0. The van der Waals surface area contributed by atoms with E-state index in [0.717, 1.165) is 31.4 Å². The van der Waals surface area contributed by atoms with Gasteiger partial charge >= 0.3 is 5.97 Å². The molecule has 1 unspecified atom stereocenters. The zero-order chi connectivity index (χ0) is 22.6. The van der Waals surface area contributed by atoms with Crippen LogP contribution in [0, 0.1) is 5.92 Å². The van der Waals surface area contributed by atoms with E-state index in [1.807, 2.05) is 20.8 Å². The molecule has 168 valence electrons. The number of nitrogens with zero attached hydrogens (tertiary/aromatic N) is 1. The summed E-state index contributed by atoms with van der Waals surface area (Å²) in [4.78, 5) is 51.7. The van der Waals surface area contributed by atoms with E-state index in [0.29, 0.717) is 0 Å². The van der Waals surface area contributed by atoms with Gasteiger partial charge in [-0.1, -0.05) is 0 Å². The molecule has 9 heteroatoms. The van der Waals surface area contributed by atoms with Crippen LogP contribution in [-0.2, 0) is 19.1 Å². The van der Waals surface area contributed by atoms with Gasteiger partial charge in [0.15, 0.2) is 0 Å². The number of imide groups is 1. The van der Waals surface area contributed by atoms with Gasteiger partial charge < -0.3 is 15.4 Å². The summed E-state index contributed by atoms with van der Waals surface area (Å²) < 4.78 is 5.48. The number of amides is 3. The molecule has 1 saturated heterocycles. The first-order valence-corrected chi connectivity index (χ1v) is 10.7. The zero-order valence-corrected chi connectivity index (χ0v) is 18.2. The van der Waals surface area contributed by atoms with Gasteiger partial charge in [-0.15, -0.1) is 0 Å². The highest BCUT2D eigenvalue weighted by Crippen LogP contribution is 2.28. The Hall–Kier alpha value is -2.97. The quantitative estimate of drug-likeness (QED) is 0.481. The van der Waals surface area contributed by atoms with Gasteiger partial charge in [0.25, 0.3) is 5.91 Å². The molecule has 0 radical (unpaired) electrons. The minimum atomic E-state index is -0.732. The van der Waals surface area contributed by atoms with E-state index in [1.165, 1.54) is 0 Å². The van der Waals surface area contributed by atoms with Crippen molar-refractivity contribution in [1.82, 2.24) is 15.6 Å². The van der Waals surface area contributed by atoms with Crippen molar-refractivity contribution in [2.45, 2.75) is 77.0 Å². The van der Waals surface area contributed by atoms with Crippen molar-refractivity contribution >= 4 is 29.4 Å². The molecule has 1 aliphatic heterocycles. The van der Waals surface area contributed by atoms with E-state index in [2.05, 4.69) is 20.9 Å². The Morgan fingerprint density at radius 2 is 1.81 bits per heavy atom. The van der Waals surface area contributed by atoms with Crippen molar-refractivity contribution in [2.75, 3.05) is 5.32 Å². The molecular formula is C22H30N4O5. The molecule has 2 heterocycles. The number of pyridine rings is 1. The molecule has 3 N–H and O–H groups in total. The fourth-order valence-electron chi connectivity index (χ4n) is 3.77. The summed E-state index contributed by atoms with van der Waals surface area (Å²) in [6.07, 6.45) is 5.30. The zero-order valence-electron chi connectivity index (χ0n) is 18.2. The van der Waals surface area contributed by atoms with Crippen molar-refractivity contribution in [3.63, 3.8) is 0 Å². The molecule has 1 aromatic heterocycles. The van der Waals surface area contributed by atoms with Gasteiger partial charge in [-0.2, -0.15) is 0 Å². The van der Waals surface area contributed by atoms with Gasteiger partial charge in [0, 0.05) is 12.5 Å². The van der Waals surface area contributed by atoms with Gasteiger partial charge in [-0.3, -0.25) is 24.5 Å². The van der Waals surface area contributed by atoms with Crippen molar-refractivity contribution < 1.29 is 23.9 Å². The molecule has 31 heavy (non-hydrogen) atoms. The fourth-order valence-corrected chi connectivity index (χ4v) is 3.77. The summed E-state index contributed by atoms with van der Waals surface area (Å²) in [5, 5.41) is 8.22. The van der Waals surface area contributed by atoms with Crippen LogP contribution in [0.15, 0.2) is 18.3 Å². The molecule has 1 saturated carbocycles. The van der Waals surface area contributed by atoms with Crippen LogP contribution >= 0.6 is 0 Å². The smallest absolute Gasteiger partial charge is 0.309 e. The second-order valence-corrected chi connectivity index (χ2v) is 9.14. The summed E-state index contributed by atoms with van der Waals surface area (Å²) in [5.41, 5.74) is 0.520. The molecule has 2 fully saturated rings. The minimum Gasteiger partial charge on any atom is -0.460 e. The van der Waals surface area contributed by atoms with Crippen molar-refractivity contribution in [2.24, 2.45) is 5.92 Å². The number of esters is 1. The predicted octanol–water partition coefficient (Wildman–Crippen LogP) is 1.93. The fraction of sp³-hybridized carbons (Fsp3) is 0.591. The lowest BCUT2D eigenvalue weighted by Gasteiger charge is -2.30. The van der Waals surface area contributed by atoms with Crippen LogP contribution in [0.3, 0.4) is 0 Å². The van der Waals surface area contributed by atoms with Gasteiger partial charge in [0.05, 0.1) is 17.8 Å². The van der Waals surface area contributed by atoms with Gasteiger partial charge in [0.2, 0.25) is 11.8 Å². The van der Waals surface area contributed by atoms with Crippen LogP contribution in [0.25, 0.3) is 0 Å². The number of piperidine rings is 1. The molecule has 1 atom stereocenters. The van der Waals surface area contributed by atoms with Crippen LogP contribution in [-0.4, -0.2) is 46.4 Å². The normalized spacial score (nSPS) is 24.2. The third-order valence-corrected chi connectivity index (χ3v) is 5.38. The molecule has 1 aliphatic carbocycles. The van der Waals surface area contributed by atoms with E-state index in [1.54, 1.807) is 18.3 Å². The van der Waals surface area contributed by atoms with Crippen molar-refractivity contribution in [3.05, 3.63) is 24.0 Å². The summed E-state index contributed by atoms with van der Waals surface area (Å²) in [6, 6.07) is 2.86. The Kier molecular flexibility index (Phi) is 6.92. The number of carbonyl (C=O) groups excluding carboxylic acids is 4. The number of carbonyl (C=O) groups is 4. The second-order valence-electron chi connectivity index (χ2n) is 9.14. The lowest BCUT2D eigenvalue weighted by Crippen LogP contribution is -2.52. The van der Waals surface area contributed by atoms with Gasteiger partial charge in [0.1, 0.15) is 17.3 Å². The van der Waals surface area contributed by atoms with Crippen LogP contribution in [0.5, 0.6) is 0 Å². The highest BCUT2D eigenvalue weighted by Gasteiger charge is 2.30. The first kappa shape index (κ1) is 22.7. The van der Waals surface area contributed by atoms with Gasteiger partial charge in [-0.05, 0) is 65.0 Å². The molecule has 9 nitrogen and oxygen atoms in total. The topological polar surface area (TPSA) is 126 Å². The monoisotopic (exact) mass is 430 g/mol. The molecule has 1 aromatic rings. The van der Waals surface area contributed by atoms with E-state index in [9.17, 15) is 19.2 Å². The Morgan fingerprint density at radius 1 is 1.10 bits per heavy atom. The van der Waals surface area contributed by atoms with E-state index in [-0.39, 0.29) is 42.4 Å². The average molecular weight is 431 g/mol. The van der Waals surface area contributed by atoms with Crippen LogP contribution in [0.1, 0.15) is 69.8 Å². The van der Waals surface area contributed by atoms with Crippen molar-refractivity contribution in [3.8, 4) is 0 Å². The van der Waals surface area contributed by atoms with E-state index < -0.39 is 23.5 Å². The summed E-state index contributed by atoms with van der Waals surface area (Å²) in [6.45, 7) is 5.62. The highest BCUT2D eigenvalue weighted by atomic mass is 16.6. The first-order chi connectivity index (χ1) is 14.6. The second kappa shape index (κ2) is 9.45. The number of hydrogen-bond acceptors (Lipinski definition) is 7. The Morgan fingerprint density at radius 3 is 2.39 bits per heavy atom. The summed E-state index contributed by atoms with van der Waals surface area (Å²) >= 11 is 0.